The molecule has 0 bridgehead atoms. The van der Waals surface area contributed by atoms with Crippen molar-refractivity contribution in [1.29, 1.82) is 0 Å². The summed E-state index contributed by atoms with van der Waals surface area (Å²) < 4.78 is 27.9. The van der Waals surface area contributed by atoms with Crippen molar-refractivity contribution in [2.24, 2.45) is 0 Å². The molecule has 0 radical (unpaired) electrons. The second-order valence-corrected chi connectivity index (χ2v) is 10.2. The van der Waals surface area contributed by atoms with E-state index < -0.39 is 10.0 Å². The second kappa shape index (κ2) is 6.50. The number of hydrogen-bond donors (Lipinski definition) is 0. The van der Waals surface area contributed by atoms with Gasteiger partial charge in [0.05, 0.1) is 15.0 Å². The van der Waals surface area contributed by atoms with Crippen LogP contribution in [0.15, 0.2) is 65.7 Å². The summed E-state index contributed by atoms with van der Waals surface area (Å²) in [4.78, 5) is 0.321. The molecule has 0 unspecified atom stereocenters. The van der Waals surface area contributed by atoms with Crippen molar-refractivity contribution < 1.29 is 8.42 Å². The van der Waals surface area contributed by atoms with Crippen LogP contribution in [0.3, 0.4) is 0 Å². The SMILES string of the molecule is O=S(=O)(c1ccccc1)n1cc(C2SCCCS2)c2ccccc21. The number of benzene rings is 2. The molecule has 1 aliphatic rings. The molecule has 1 aliphatic heterocycles. The van der Waals surface area contributed by atoms with Crippen LogP contribution >= 0.6 is 23.5 Å². The summed E-state index contributed by atoms with van der Waals surface area (Å²) in [5.41, 5.74) is 1.86. The Morgan fingerprint density at radius 3 is 2.33 bits per heavy atom. The number of thioether (sulfide) groups is 2. The van der Waals surface area contributed by atoms with Gasteiger partial charge in [-0.15, -0.1) is 23.5 Å². The predicted molar refractivity (Wildman–Crippen MR) is 103 cm³/mol. The molecule has 0 atom stereocenters. The second-order valence-electron chi connectivity index (χ2n) is 5.64. The Bertz CT molecular complexity index is 958. The normalized spacial score (nSPS) is 16.5. The fourth-order valence-corrected chi connectivity index (χ4v) is 7.26. The van der Waals surface area contributed by atoms with E-state index in [-0.39, 0.29) is 0 Å². The van der Waals surface area contributed by atoms with Crippen molar-refractivity contribution in [3.63, 3.8) is 0 Å². The fraction of sp³-hybridized carbons (Fsp3) is 0.222. The number of rotatable bonds is 3. The largest absolute Gasteiger partial charge is 0.268 e. The highest BCUT2D eigenvalue weighted by Gasteiger charge is 2.25. The molecule has 0 N–H and O–H groups in total. The third kappa shape index (κ3) is 2.76. The summed E-state index contributed by atoms with van der Waals surface area (Å²) in [6, 6.07) is 16.4. The lowest BCUT2D eigenvalue weighted by atomic mass is 10.2. The monoisotopic (exact) mass is 375 g/mol. The van der Waals surface area contributed by atoms with Crippen molar-refractivity contribution >= 4 is 44.4 Å². The van der Waals surface area contributed by atoms with Crippen LogP contribution in [0.2, 0.25) is 0 Å². The van der Waals surface area contributed by atoms with E-state index in [1.54, 1.807) is 24.3 Å². The number of aromatic nitrogens is 1. The Labute approximate surface area is 150 Å². The van der Waals surface area contributed by atoms with Crippen molar-refractivity contribution in [2.75, 3.05) is 11.5 Å². The van der Waals surface area contributed by atoms with Gasteiger partial charge in [-0.25, -0.2) is 12.4 Å². The van der Waals surface area contributed by atoms with E-state index in [9.17, 15) is 8.42 Å². The van der Waals surface area contributed by atoms with Gasteiger partial charge in [-0.3, -0.25) is 0 Å². The zero-order chi connectivity index (χ0) is 16.6. The average Bonchev–Trinajstić information content (AvgIpc) is 3.04. The molecule has 1 saturated heterocycles. The van der Waals surface area contributed by atoms with Crippen LogP contribution in [-0.2, 0) is 10.0 Å². The van der Waals surface area contributed by atoms with Crippen molar-refractivity contribution in [1.82, 2.24) is 3.97 Å². The zero-order valence-corrected chi connectivity index (χ0v) is 15.4. The van der Waals surface area contributed by atoms with Gasteiger partial charge in [-0.05, 0) is 36.1 Å². The Kier molecular flexibility index (Phi) is 4.37. The quantitative estimate of drug-likeness (QED) is 0.662. The van der Waals surface area contributed by atoms with Crippen LogP contribution in [0.4, 0.5) is 0 Å². The van der Waals surface area contributed by atoms with Gasteiger partial charge in [0.2, 0.25) is 0 Å². The Balaban J connectivity index is 1.90. The van der Waals surface area contributed by atoms with Crippen molar-refractivity contribution in [3.8, 4) is 0 Å². The molecule has 3 nitrogen and oxygen atoms in total. The minimum absolute atomic E-state index is 0.302. The Hall–Kier alpha value is -1.37. The van der Waals surface area contributed by atoms with Gasteiger partial charge < -0.3 is 0 Å². The van der Waals surface area contributed by atoms with Gasteiger partial charge in [0, 0.05) is 17.1 Å². The molecule has 4 rings (SSSR count). The van der Waals surface area contributed by atoms with Crippen LogP contribution in [0.5, 0.6) is 0 Å². The summed E-state index contributed by atoms with van der Waals surface area (Å²) in [5, 5.41) is 1.03. The van der Waals surface area contributed by atoms with E-state index >= 15 is 0 Å². The molecule has 6 heteroatoms. The molecule has 2 aromatic carbocycles. The highest BCUT2D eigenvalue weighted by Crippen LogP contribution is 2.46. The third-order valence-electron chi connectivity index (χ3n) is 4.09. The molecule has 2 heterocycles. The van der Waals surface area contributed by atoms with E-state index in [0.29, 0.717) is 9.48 Å². The molecule has 0 spiro atoms. The van der Waals surface area contributed by atoms with Crippen LogP contribution in [0.25, 0.3) is 10.9 Å². The number of fused-ring (bicyclic) bond motifs is 1. The maximum atomic E-state index is 13.1. The van der Waals surface area contributed by atoms with E-state index in [1.165, 1.54) is 10.4 Å². The summed E-state index contributed by atoms with van der Waals surface area (Å²) in [5.74, 6) is 2.26. The van der Waals surface area contributed by atoms with Crippen LogP contribution in [0.1, 0.15) is 16.6 Å². The lowest BCUT2D eigenvalue weighted by Gasteiger charge is -2.20. The van der Waals surface area contributed by atoms with E-state index in [2.05, 4.69) is 0 Å². The minimum Gasteiger partial charge on any atom is -0.241 e. The topological polar surface area (TPSA) is 39.1 Å². The summed E-state index contributed by atoms with van der Waals surface area (Å²) >= 11 is 3.81. The highest BCUT2D eigenvalue weighted by molar-refractivity contribution is 8.16. The van der Waals surface area contributed by atoms with Gasteiger partial charge in [0.15, 0.2) is 0 Å². The molecule has 1 aromatic heterocycles. The standard InChI is InChI=1S/C18H17NO2S3/c20-24(21,14-7-2-1-3-8-14)19-13-16(18-22-11-6-12-23-18)15-9-4-5-10-17(15)19/h1-5,7-10,13,18H,6,11-12H2. The molecule has 24 heavy (non-hydrogen) atoms. The minimum atomic E-state index is -3.59. The summed E-state index contributed by atoms with van der Waals surface area (Å²) in [7, 11) is -3.59. The number of para-hydroxylation sites is 1. The van der Waals surface area contributed by atoms with Gasteiger partial charge in [0.1, 0.15) is 0 Å². The fourth-order valence-electron chi connectivity index (χ4n) is 2.94. The molecule has 0 amide bonds. The third-order valence-corrected chi connectivity index (χ3v) is 8.76. The first-order valence-electron chi connectivity index (χ1n) is 7.82. The molecule has 1 fully saturated rings. The first-order valence-corrected chi connectivity index (χ1v) is 11.4. The molecular formula is C18H17NO2S3. The van der Waals surface area contributed by atoms with E-state index in [1.807, 2.05) is 60.1 Å². The molecule has 0 saturated carbocycles. The van der Waals surface area contributed by atoms with Gasteiger partial charge in [0.25, 0.3) is 10.0 Å². The highest BCUT2D eigenvalue weighted by atomic mass is 32.2. The first-order chi connectivity index (χ1) is 11.7. The number of nitrogens with zero attached hydrogens (tertiary/aromatic N) is 1. The van der Waals surface area contributed by atoms with Gasteiger partial charge in [-0.1, -0.05) is 36.4 Å². The molecule has 124 valence electrons. The van der Waals surface area contributed by atoms with E-state index in [0.717, 1.165) is 28.0 Å². The van der Waals surface area contributed by atoms with Gasteiger partial charge in [-0.2, -0.15) is 0 Å². The predicted octanol–water partition coefficient (Wildman–Crippen LogP) is 4.75. The maximum absolute atomic E-state index is 13.1. The lowest BCUT2D eigenvalue weighted by Crippen LogP contribution is -2.11. The van der Waals surface area contributed by atoms with Crippen molar-refractivity contribution in [2.45, 2.75) is 15.9 Å². The van der Waals surface area contributed by atoms with Crippen molar-refractivity contribution in [3.05, 3.63) is 66.4 Å². The summed E-state index contributed by atoms with van der Waals surface area (Å²) in [6.45, 7) is 0. The Morgan fingerprint density at radius 2 is 1.58 bits per heavy atom. The van der Waals surface area contributed by atoms with Crippen LogP contribution in [-0.4, -0.2) is 23.9 Å². The first kappa shape index (κ1) is 16.1. The number of hydrogen-bond acceptors (Lipinski definition) is 4. The Morgan fingerprint density at radius 1 is 0.917 bits per heavy atom. The molecule has 0 aliphatic carbocycles. The molecule has 3 aromatic rings. The lowest BCUT2D eigenvalue weighted by molar-refractivity contribution is 0.589. The maximum Gasteiger partial charge on any atom is 0.268 e. The van der Waals surface area contributed by atoms with E-state index in [4.69, 9.17) is 0 Å². The van der Waals surface area contributed by atoms with Crippen LogP contribution in [0, 0.1) is 0 Å². The van der Waals surface area contributed by atoms with Gasteiger partial charge >= 0.3 is 0 Å². The average molecular weight is 376 g/mol. The smallest absolute Gasteiger partial charge is 0.241 e. The van der Waals surface area contributed by atoms with Crippen LogP contribution < -0.4 is 0 Å². The zero-order valence-electron chi connectivity index (χ0n) is 13.0. The summed E-state index contributed by atoms with van der Waals surface area (Å²) in [6.07, 6.45) is 3.04. The molecular weight excluding hydrogens is 358 g/mol.